The normalized spacial score (nSPS) is 19.1. The first kappa shape index (κ1) is 22.8. The van der Waals surface area contributed by atoms with E-state index in [1.165, 1.54) is 0 Å². The number of ketones is 1. The van der Waals surface area contributed by atoms with Gasteiger partial charge in [-0.05, 0) is 47.8 Å². The van der Waals surface area contributed by atoms with Gasteiger partial charge in [0.15, 0.2) is 5.78 Å². The van der Waals surface area contributed by atoms with Crippen LogP contribution in [0.1, 0.15) is 52.5 Å². The molecule has 0 bridgehead atoms. The Labute approximate surface area is 175 Å². The molecule has 2 rings (SSSR count). The van der Waals surface area contributed by atoms with Gasteiger partial charge in [-0.25, -0.2) is 4.57 Å². The van der Waals surface area contributed by atoms with Crippen LogP contribution in [0.15, 0.2) is 24.0 Å². The van der Waals surface area contributed by atoms with Crippen molar-refractivity contribution in [3.05, 3.63) is 39.6 Å². The van der Waals surface area contributed by atoms with Crippen LogP contribution in [0, 0.1) is 5.41 Å². The van der Waals surface area contributed by atoms with Crippen LogP contribution in [0.4, 0.5) is 0 Å². The molecule has 27 heavy (non-hydrogen) atoms. The number of allylic oxidation sites excluding steroid dienone is 2. The molecule has 1 aromatic carbocycles. The smallest absolute Gasteiger partial charge is 0.421 e. The number of hydrogen-bond donors (Lipinski definition) is 0. The van der Waals surface area contributed by atoms with Gasteiger partial charge in [0, 0.05) is 18.6 Å². The van der Waals surface area contributed by atoms with Crippen LogP contribution in [0.5, 0.6) is 0 Å². The minimum Gasteiger partial charge on any atom is -0.421 e. The van der Waals surface area contributed by atoms with Crippen molar-refractivity contribution in [2.75, 3.05) is 12.4 Å². The van der Waals surface area contributed by atoms with Gasteiger partial charge >= 0.3 is 6.80 Å². The Bertz CT molecular complexity index is 792. The number of benzene rings is 1. The zero-order valence-electron chi connectivity index (χ0n) is 16.0. The summed E-state index contributed by atoms with van der Waals surface area (Å²) < 4.78 is 24.6. The average molecular weight is 451 g/mol. The second-order valence-corrected chi connectivity index (χ2v) is 12.1. The third-order valence-electron chi connectivity index (χ3n) is 4.01. The Hall–Kier alpha value is -0.450. The lowest BCUT2D eigenvalue weighted by molar-refractivity contribution is -0.116. The van der Waals surface area contributed by atoms with Crippen molar-refractivity contribution in [2.24, 2.45) is 5.41 Å². The summed E-state index contributed by atoms with van der Waals surface area (Å²) in [7, 11) is 0. The molecule has 4 nitrogen and oxygen atoms in total. The molecule has 1 aromatic rings. The summed E-state index contributed by atoms with van der Waals surface area (Å²) in [4.78, 5) is 12.9. The van der Waals surface area contributed by atoms with Gasteiger partial charge in [0.1, 0.15) is 5.76 Å². The van der Waals surface area contributed by atoms with Crippen LogP contribution in [-0.2, 0) is 18.4 Å². The maximum atomic E-state index is 13.2. The van der Waals surface area contributed by atoms with E-state index in [1.807, 2.05) is 20.8 Å². The number of carbonyl (C=O) groups is 1. The second kappa shape index (κ2) is 9.37. The fourth-order valence-electron chi connectivity index (χ4n) is 2.90. The number of rotatable bonds is 8. The van der Waals surface area contributed by atoms with Gasteiger partial charge in [0.25, 0.3) is 0 Å². The molecule has 8 heteroatoms. The van der Waals surface area contributed by atoms with Gasteiger partial charge in [0.05, 0.1) is 22.2 Å². The summed E-state index contributed by atoms with van der Waals surface area (Å²) in [5, 5.41) is 0.762. The van der Waals surface area contributed by atoms with E-state index in [9.17, 15) is 9.36 Å². The summed E-state index contributed by atoms with van der Waals surface area (Å²) >= 11 is 13.3. The van der Waals surface area contributed by atoms with Crippen LogP contribution in [0.3, 0.4) is 0 Å². The quantitative estimate of drug-likeness (QED) is 0.386. The summed E-state index contributed by atoms with van der Waals surface area (Å²) in [6.45, 7) is 4.59. The SMILES string of the molecule is CCCSP(=O)(OCC)OC1=C(c2ccc(Cl)c(Cl)c2)C(=O)CC(C)(C)C1. The Morgan fingerprint density at radius 3 is 2.48 bits per heavy atom. The number of Topliss-reactive ketones (excluding diaryl/α,β-unsaturated/α-hetero) is 1. The molecule has 150 valence electrons. The van der Waals surface area contributed by atoms with Crippen LogP contribution in [0.2, 0.25) is 10.0 Å². The van der Waals surface area contributed by atoms with E-state index in [1.54, 1.807) is 25.1 Å². The zero-order valence-corrected chi connectivity index (χ0v) is 19.2. The van der Waals surface area contributed by atoms with Crippen LogP contribution < -0.4 is 0 Å². The van der Waals surface area contributed by atoms with Crippen molar-refractivity contribution < 1.29 is 18.4 Å². The van der Waals surface area contributed by atoms with E-state index in [2.05, 4.69) is 0 Å². The highest BCUT2D eigenvalue weighted by Gasteiger charge is 2.38. The molecule has 0 saturated carbocycles. The third kappa shape index (κ3) is 6.01. The number of hydrogen-bond acceptors (Lipinski definition) is 5. The maximum Gasteiger partial charge on any atom is 0.439 e. The molecule has 0 radical (unpaired) electrons. The Balaban J connectivity index is 2.53. The predicted octanol–water partition coefficient (Wildman–Crippen LogP) is 7.40. The molecule has 0 saturated heterocycles. The molecule has 0 amide bonds. The van der Waals surface area contributed by atoms with E-state index in [-0.39, 0.29) is 17.8 Å². The van der Waals surface area contributed by atoms with E-state index in [0.717, 1.165) is 17.8 Å². The van der Waals surface area contributed by atoms with Crippen LogP contribution >= 0.6 is 41.4 Å². The molecule has 1 unspecified atom stereocenters. The first-order chi connectivity index (χ1) is 12.6. The van der Waals surface area contributed by atoms with Crippen molar-refractivity contribution in [1.29, 1.82) is 0 Å². The largest absolute Gasteiger partial charge is 0.439 e. The highest BCUT2D eigenvalue weighted by molar-refractivity contribution is 8.55. The van der Waals surface area contributed by atoms with Crippen LogP contribution in [0.25, 0.3) is 5.57 Å². The highest BCUT2D eigenvalue weighted by atomic mass is 35.5. The van der Waals surface area contributed by atoms with E-state index in [0.29, 0.717) is 45.5 Å². The second-order valence-electron chi connectivity index (χ2n) is 7.16. The topological polar surface area (TPSA) is 52.6 Å². The first-order valence-corrected chi connectivity index (χ1v) is 12.8. The Kier molecular flexibility index (Phi) is 7.92. The zero-order chi connectivity index (χ0) is 20.2. The molecule has 0 aliphatic heterocycles. The maximum absolute atomic E-state index is 13.2. The standard InChI is InChI=1S/C19H25Cl2O4PS/c1-5-9-27-26(23,24-6-2)25-17-12-19(3,4)11-16(22)18(17)13-7-8-14(20)15(21)10-13/h7-8,10H,5-6,9,11-12H2,1-4H3. The lowest BCUT2D eigenvalue weighted by Gasteiger charge is -2.33. The van der Waals surface area contributed by atoms with Gasteiger partial charge in [-0.15, -0.1) is 0 Å². The highest BCUT2D eigenvalue weighted by Crippen LogP contribution is 2.63. The monoisotopic (exact) mass is 450 g/mol. The van der Waals surface area contributed by atoms with Crippen molar-refractivity contribution >= 4 is 52.7 Å². The van der Waals surface area contributed by atoms with Crippen molar-refractivity contribution in [3.8, 4) is 0 Å². The summed E-state index contributed by atoms with van der Waals surface area (Å²) in [6, 6.07) is 5.02. The van der Waals surface area contributed by atoms with Gasteiger partial charge < -0.3 is 4.52 Å². The molecule has 0 aromatic heterocycles. The van der Waals surface area contributed by atoms with Gasteiger partial charge in [-0.2, -0.15) is 0 Å². The number of carbonyl (C=O) groups excluding carboxylic acids is 1. The van der Waals surface area contributed by atoms with Gasteiger partial charge in [0.2, 0.25) is 0 Å². The van der Waals surface area contributed by atoms with E-state index >= 15 is 0 Å². The lowest BCUT2D eigenvalue weighted by atomic mass is 9.75. The van der Waals surface area contributed by atoms with Crippen molar-refractivity contribution in [1.82, 2.24) is 0 Å². The molecule has 0 N–H and O–H groups in total. The molecular weight excluding hydrogens is 426 g/mol. The predicted molar refractivity (Wildman–Crippen MR) is 114 cm³/mol. The average Bonchev–Trinajstić information content (AvgIpc) is 2.55. The molecule has 1 aliphatic rings. The Morgan fingerprint density at radius 2 is 1.89 bits per heavy atom. The lowest BCUT2D eigenvalue weighted by Crippen LogP contribution is -2.26. The molecule has 0 spiro atoms. The molecule has 1 atom stereocenters. The summed E-state index contributed by atoms with van der Waals surface area (Å²) in [5.41, 5.74) is 0.729. The number of halogens is 2. The summed E-state index contributed by atoms with van der Waals surface area (Å²) in [6.07, 6.45) is 1.70. The minimum absolute atomic E-state index is 0.0665. The first-order valence-electron chi connectivity index (χ1n) is 8.91. The minimum atomic E-state index is -3.42. The van der Waals surface area contributed by atoms with Crippen LogP contribution in [-0.4, -0.2) is 18.1 Å². The van der Waals surface area contributed by atoms with E-state index < -0.39 is 6.80 Å². The van der Waals surface area contributed by atoms with Crippen molar-refractivity contribution in [3.63, 3.8) is 0 Å². The Morgan fingerprint density at radius 1 is 1.19 bits per heavy atom. The molecule has 1 aliphatic carbocycles. The fraction of sp³-hybridized carbons (Fsp3) is 0.526. The molecule has 0 fully saturated rings. The van der Waals surface area contributed by atoms with Gasteiger partial charge in [-0.1, -0.05) is 50.0 Å². The third-order valence-corrected chi connectivity index (χ3v) is 8.71. The van der Waals surface area contributed by atoms with Gasteiger partial charge in [-0.3, -0.25) is 9.32 Å². The van der Waals surface area contributed by atoms with E-state index in [4.69, 9.17) is 32.2 Å². The molecule has 0 heterocycles. The summed E-state index contributed by atoms with van der Waals surface area (Å²) in [5.74, 6) is 0.975. The fourth-order valence-corrected chi connectivity index (χ4v) is 6.71. The van der Waals surface area contributed by atoms with Crippen molar-refractivity contribution in [2.45, 2.75) is 47.0 Å². The molecular formula is C19H25Cl2O4PS.